The number of nitrogens with zero attached hydrogens (tertiary/aromatic N) is 2. The van der Waals surface area contributed by atoms with Crippen LogP contribution in [-0.2, 0) is 0 Å². The van der Waals surface area contributed by atoms with E-state index < -0.39 is 0 Å². The van der Waals surface area contributed by atoms with Crippen LogP contribution in [0.4, 0.5) is 0 Å². The van der Waals surface area contributed by atoms with Crippen molar-refractivity contribution < 1.29 is 4.79 Å². The fourth-order valence-corrected chi connectivity index (χ4v) is 2.29. The molecular weight excluding hydrogens is 274 g/mol. The number of rotatable bonds is 3. The number of carbonyl (C=O) groups is 1. The number of aromatic nitrogens is 1. The van der Waals surface area contributed by atoms with E-state index in [0.29, 0.717) is 5.69 Å². The molecule has 4 heteroatoms. The Labute approximate surface area is 128 Å². The van der Waals surface area contributed by atoms with Crippen molar-refractivity contribution >= 4 is 22.4 Å². The predicted octanol–water partition coefficient (Wildman–Crippen LogP) is 3.39. The second-order valence-corrected chi connectivity index (χ2v) is 4.88. The maximum Gasteiger partial charge on any atom is 0.289 e. The number of nitrogens with one attached hydrogen (secondary N) is 1. The van der Waals surface area contributed by atoms with Gasteiger partial charge in [-0.3, -0.25) is 9.78 Å². The lowest BCUT2D eigenvalue weighted by atomic mass is 10.0. The van der Waals surface area contributed by atoms with E-state index in [1.165, 1.54) is 0 Å². The van der Waals surface area contributed by atoms with Crippen molar-refractivity contribution in [1.29, 1.82) is 0 Å². The van der Waals surface area contributed by atoms with Crippen LogP contribution < -0.4 is 5.43 Å². The number of hydrogen-bond acceptors (Lipinski definition) is 3. The Balaban J connectivity index is 1.86. The van der Waals surface area contributed by atoms with Gasteiger partial charge in [0, 0.05) is 11.8 Å². The summed E-state index contributed by atoms with van der Waals surface area (Å²) < 4.78 is 0. The Bertz CT molecular complexity index is 836. The third-order valence-corrected chi connectivity index (χ3v) is 3.40. The lowest BCUT2D eigenvalue weighted by molar-refractivity contribution is 0.0950. The molecule has 1 aromatic heterocycles. The maximum atomic E-state index is 12.0. The number of pyridine rings is 1. The van der Waals surface area contributed by atoms with Gasteiger partial charge >= 0.3 is 0 Å². The molecule has 4 nitrogen and oxygen atoms in total. The van der Waals surface area contributed by atoms with Gasteiger partial charge in [0.1, 0.15) is 5.69 Å². The van der Waals surface area contributed by atoms with Crippen molar-refractivity contribution in [3.63, 3.8) is 0 Å². The Morgan fingerprint density at radius 1 is 1.00 bits per heavy atom. The molecule has 3 rings (SSSR count). The monoisotopic (exact) mass is 289 g/mol. The zero-order chi connectivity index (χ0) is 15.4. The van der Waals surface area contributed by atoms with Crippen LogP contribution in [0.5, 0.6) is 0 Å². The van der Waals surface area contributed by atoms with Crippen LogP contribution in [0.1, 0.15) is 23.0 Å². The van der Waals surface area contributed by atoms with Gasteiger partial charge in [-0.1, -0.05) is 48.5 Å². The number of hydrazone groups is 1. The molecule has 1 N–H and O–H groups in total. The van der Waals surface area contributed by atoms with Crippen LogP contribution in [0.2, 0.25) is 0 Å². The Morgan fingerprint density at radius 2 is 1.77 bits per heavy atom. The highest BCUT2D eigenvalue weighted by molar-refractivity contribution is 6.10. The number of carbonyl (C=O) groups excluding carboxylic acids is 1. The first-order valence-electron chi connectivity index (χ1n) is 6.99. The third-order valence-electron chi connectivity index (χ3n) is 3.40. The first kappa shape index (κ1) is 13.9. The zero-order valence-corrected chi connectivity index (χ0v) is 12.2. The highest BCUT2D eigenvalue weighted by Crippen LogP contribution is 2.19. The summed E-state index contributed by atoms with van der Waals surface area (Å²) in [6.07, 6.45) is 1.58. The van der Waals surface area contributed by atoms with Crippen LogP contribution in [0.25, 0.3) is 10.8 Å². The molecule has 1 amide bonds. The SMILES string of the molecule is C/C(=N\NC(=O)c1ccccn1)c1cccc2ccccc12. The Hall–Kier alpha value is -3.01. The molecule has 0 bridgehead atoms. The first-order chi connectivity index (χ1) is 10.8. The molecule has 0 radical (unpaired) electrons. The molecule has 2 aromatic carbocycles. The van der Waals surface area contributed by atoms with Crippen LogP contribution in [0.3, 0.4) is 0 Å². The quantitative estimate of drug-likeness (QED) is 0.593. The van der Waals surface area contributed by atoms with Crippen LogP contribution in [0, 0.1) is 0 Å². The molecule has 0 aliphatic heterocycles. The number of hydrogen-bond donors (Lipinski definition) is 1. The third kappa shape index (κ3) is 2.86. The van der Waals surface area contributed by atoms with Gasteiger partial charge in [0.15, 0.2) is 0 Å². The van der Waals surface area contributed by atoms with Gasteiger partial charge in [0.05, 0.1) is 5.71 Å². The predicted molar refractivity (Wildman–Crippen MR) is 87.9 cm³/mol. The van der Waals surface area contributed by atoms with Crippen LogP contribution in [-0.4, -0.2) is 16.6 Å². The summed E-state index contributed by atoms with van der Waals surface area (Å²) in [5.74, 6) is -0.319. The minimum absolute atomic E-state index is 0.319. The van der Waals surface area contributed by atoms with Gasteiger partial charge < -0.3 is 0 Å². The second kappa shape index (κ2) is 6.18. The average molecular weight is 289 g/mol. The molecule has 0 aliphatic rings. The lowest BCUT2D eigenvalue weighted by Crippen LogP contribution is -2.20. The van der Waals surface area contributed by atoms with Gasteiger partial charge in [-0.2, -0.15) is 5.10 Å². The summed E-state index contributed by atoms with van der Waals surface area (Å²) in [6.45, 7) is 1.88. The minimum atomic E-state index is -0.319. The molecule has 108 valence electrons. The summed E-state index contributed by atoms with van der Waals surface area (Å²) in [7, 11) is 0. The summed E-state index contributed by atoms with van der Waals surface area (Å²) in [6, 6.07) is 19.3. The molecule has 3 aromatic rings. The van der Waals surface area contributed by atoms with E-state index in [9.17, 15) is 4.79 Å². The number of benzene rings is 2. The molecule has 0 aliphatic carbocycles. The highest BCUT2D eigenvalue weighted by Gasteiger charge is 2.07. The van der Waals surface area contributed by atoms with Crippen molar-refractivity contribution in [2.24, 2.45) is 5.10 Å². The largest absolute Gasteiger partial charge is 0.289 e. The number of amides is 1. The minimum Gasteiger partial charge on any atom is -0.266 e. The highest BCUT2D eigenvalue weighted by atomic mass is 16.2. The van der Waals surface area contributed by atoms with E-state index in [-0.39, 0.29) is 5.91 Å². The Morgan fingerprint density at radius 3 is 2.59 bits per heavy atom. The molecule has 0 saturated carbocycles. The second-order valence-electron chi connectivity index (χ2n) is 4.88. The van der Waals surface area contributed by atoms with Crippen molar-refractivity contribution in [2.75, 3.05) is 0 Å². The lowest BCUT2D eigenvalue weighted by Gasteiger charge is -2.06. The average Bonchev–Trinajstić information content (AvgIpc) is 2.59. The van der Waals surface area contributed by atoms with Crippen molar-refractivity contribution in [1.82, 2.24) is 10.4 Å². The number of fused-ring (bicyclic) bond motifs is 1. The zero-order valence-electron chi connectivity index (χ0n) is 12.2. The standard InChI is InChI=1S/C18H15N3O/c1-13(20-21-18(22)17-11-4-5-12-19-17)15-10-6-8-14-7-2-3-9-16(14)15/h2-12H,1H3,(H,21,22)/b20-13+. The smallest absolute Gasteiger partial charge is 0.266 e. The molecule has 1 heterocycles. The summed E-state index contributed by atoms with van der Waals surface area (Å²) in [5, 5.41) is 6.45. The van der Waals surface area contributed by atoms with Crippen molar-refractivity contribution in [2.45, 2.75) is 6.92 Å². The molecular formula is C18H15N3O. The van der Waals surface area contributed by atoms with Gasteiger partial charge in [-0.15, -0.1) is 0 Å². The van der Waals surface area contributed by atoms with Gasteiger partial charge in [0.25, 0.3) is 5.91 Å². The fourth-order valence-electron chi connectivity index (χ4n) is 2.29. The Kier molecular flexibility index (Phi) is 3.92. The topological polar surface area (TPSA) is 54.4 Å². The maximum absolute atomic E-state index is 12.0. The van der Waals surface area contributed by atoms with Crippen LogP contribution in [0.15, 0.2) is 72.0 Å². The molecule has 22 heavy (non-hydrogen) atoms. The normalized spacial score (nSPS) is 11.4. The van der Waals surface area contributed by atoms with Crippen molar-refractivity contribution in [3.8, 4) is 0 Å². The van der Waals surface area contributed by atoms with Crippen molar-refractivity contribution in [3.05, 3.63) is 78.1 Å². The first-order valence-corrected chi connectivity index (χ1v) is 6.99. The molecule has 0 saturated heterocycles. The van der Waals surface area contributed by atoms with Gasteiger partial charge in [0.2, 0.25) is 0 Å². The fraction of sp³-hybridized carbons (Fsp3) is 0.0556. The molecule has 0 fully saturated rings. The van der Waals surface area contributed by atoms with Gasteiger partial charge in [-0.05, 0) is 29.8 Å². The summed E-state index contributed by atoms with van der Waals surface area (Å²) in [5.41, 5.74) is 4.64. The molecule has 0 spiro atoms. The van der Waals surface area contributed by atoms with E-state index in [1.54, 1.807) is 24.4 Å². The van der Waals surface area contributed by atoms with E-state index in [4.69, 9.17) is 0 Å². The van der Waals surface area contributed by atoms with E-state index in [2.05, 4.69) is 27.6 Å². The van der Waals surface area contributed by atoms with Gasteiger partial charge in [-0.25, -0.2) is 5.43 Å². The molecule has 0 atom stereocenters. The molecule has 0 unspecified atom stereocenters. The summed E-state index contributed by atoms with van der Waals surface area (Å²) >= 11 is 0. The summed E-state index contributed by atoms with van der Waals surface area (Å²) in [4.78, 5) is 16.0. The van der Waals surface area contributed by atoms with Crippen LogP contribution >= 0.6 is 0 Å². The van der Waals surface area contributed by atoms with E-state index in [1.807, 2.05) is 37.3 Å². The van der Waals surface area contributed by atoms with E-state index in [0.717, 1.165) is 22.0 Å². The van der Waals surface area contributed by atoms with E-state index >= 15 is 0 Å².